The maximum absolute atomic E-state index is 3.94. The average Bonchev–Trinajstić information content (AvgIpc) is 3.26. The molecule has 3 aliphatic rings. The van der Waals surface area contributed by atoms with E-state index >= 15 is 0 Å². The molecule has 1 saturated heterocycles. The van der Waals surface area contributed by atoms with E-state index in [2.05, 4.69) is 60.5 Å². The van der Waals surface area contributed by atoms with Crippen molar-refractivity contribution in [3.05, 3.63) is 41.5 Å². The molecule has 1 aromatic carbocycles. The monoisotopic (exact) mass is 310 g/mol. The zero-order valence-corrected chi connectivity index (χ0v) is 14.6. The Morgan fingerprint density at radius 2 is 1.96 bits per heavy atom. The van der Waals surface area contributed by atoms with Gasteiger partial charge in [-0.3, -0.25) is 0 Å². The number of rotatable bonds is 6. The summed E-state index contributed by atoms with van der Waals surface area (Å²) in [5.41, 5.74) is 3.68. The molecule has 23 heavy (non-hydrogen) atoms. The van der Waals surface area contributed by atoms with Crippen LogP contribution in [-0.4, -0.2) is 36.6 Å². The first-order valence-corrected chi connectivity index (χ1v) is 9.45. The van der Waals surface area contributed by atoms with Crippen LogP contribution in [0.25, 0.3) is 6.08 Å². The third-order valence-corrected chi connectivity index (χ3v) is 6.20. The molecule has 2 aliphatic carbocycles. The van der Waals surface area contributed by atoms with E-state index in [0.717, 1.165) is 18.0 Å². The Bertz CT molecular complexity index is 563. The van der Waals surface area contributed by atoms with Crippen LogP contribution >= 0.6 is 0 Å². The molecular weight excluding hydrogens is 280 g/mol. The highest BCUT2D eigenvalue weighted by Crippen LogP contribution is 2.50. The molecule has 2 nitrogen and oxygen atoms in total. The van der Waals surface area contributed by atoms with Crippen LogP contribution in [0.2, 0.25) is 0 Å². The number of hydrogen-bond donors (Lipinski definition) is 1. The Balaban J connectivity index is 1.27. The van der Waals surface area contributed by atoms with E-state index in [4.69, 9.17) is 0 Å². The van der Waals surface area contributed by atoms with Gasteiger partial charge in [0, 0.05) is 25.2 Å². The molecule has 124 valence electrons. The summed E-state index contributed by atoms with van der Waals surface area (Å²) in [6.45, 7) is 8.51. The summed E-state index contributed by atoms with van der Waals surface area (Å²) in [4.78, 5) is 2.58. The zero-order chi connectivity index (χ0) is 15.9. The van der Waals surface area contributed by atoms with Crippen LogP contribution in [0.15, 0.2) is 35.9 Å². The molecule has 1 N–H and O–H groups in total. The summed E-state index contributed by atoms with van der Waals surface area (Å²) in [7, 11) is 0. The highest BCUT2D eigenvalue weighted by Gasteiger charge is 2.53. The Morgan fingerprint density at radius 1 is 1.22 bits per heavy atom. The molecule has 1 heterocycles. The molecule has 0 amide bonds. The minimum atomic E-state index is 0.700. The molecule has 1 aliphatic heterocycles. The molecule has 0 aromatic heterocycles. The second kappa shape index (κ2) is 6.07. The van der Waals surface area contributed by atoms with Crippen molar-refractivity contribution < 1.29 is 0 Å². The number of likely N-dealkylation sites (tertiary alicyclic amines) is 1. The maximum atomic E-state index is 3.94. The topological polar surface area (TPSA) is 15.3 Å². The van der Waals surface area contributed by atoms with Crippen LogP contribution in [0.3, 0.4) is 0 Å². The summed E-state index contributed by atoms with van der Waals surface area (Å²) < 4.78 is 0. The standard InChI is InChI=1S/C21H30N2/c1-3-17(10-16-8-6-5-7-9-16)19-11-20(19)22-18-12-21(13-18)14-23(4-2)15-21/h5-10,18-20,22H,3-4,11-15H2,1-2H3/b17-10+/t19-,20+/m0/s1. The van der Waals surface area contributed by atoms with Crippen molar-refractivity contribution in [2.75, 3.05) is 19.6 Å². The zero-order valence-electron chi connectivity index (χ0n) is 14.6. The SMILES string of the molecule is CC/C(=C\c1ccccc1)[C@@H]1C[C@H]1NC1CC2(C1)CN(CC)C2. The van der Waals surface area contributed by atoms with Crippen LogP contribution in [0.4, 0.5) is 0 Å². The van der Waals surface area contributed by atoms with E-state index in [9.17, 15) is 0 Å². The lowest BCUT2D eigenvalue weighted by Gasteiger charge is -2.59. The van der Waals surface area contributed by atoms with Crippen molar-refractivity contribution in [1.82, 2.24) is 10.2 Å². The predicted molar refractivity (Wildman–Crippen MR) is 97.3 cm³/mol. The molecule has 0 unspecified atom stereocenters. The van der Waals surface area contributed by atoms with E-state index in [1.165, 1.54) is 50.9 Å². The molecule has 0 radical (unpaired) electrons. The van der Waals surface area contributed by atoms with Gasteiger partial charge in [0.1, 0.15) is 0 Å². The Labute approximate surface area is 141 Å². The summed E-state index contributed by atoms with van der Waals surface area (Å²) >= 11 is 0. The fraction of sp³-hybridized carbons (Fsp3) is 0.619. The molecule has 1 aromatic rings. The third kappa shape index (κ3) is 3.12. The van der Waals surface area contributed by atoms with E-state index in [1.807, 2.05) is 0 Å². The van der Waals surface area contributed by atoms with Crippen LogP contribution in [0.5, 0.6) is 0 Å². The van der Waals surface area contributed by atoms with Crippen LogP contribution in [-0.2, 0) is 0 Å². The fourth-order valence-corrected chi connectivity index (χ4v) is 4.81. The van der Waals surface area contributed by atoms with Gasteiger partial charge in [-0.05, 0) is 49.1 Å². The van der Waals surface area contributed by atoms with Crippen molar-refractivity contribution in [2.24, 2.45) is 11.3 Å². The predicted octanol–water partition coefficient (Wildman–Crippen LogP) is 3.94. The summed E-state index contributed by atoms with van der Waals surface area (Å²) in [6, 6.07) is 12.3. The first kappa shape index (κ1) is 15.4. The summed E-state index contributed by atoms with van der Waals surface area (Å²) in [5, 5.41) is 3.94. The molecule has 2 heteroatoms. The number of nitrogens with one attached hydrogen (secondary N) is 1. The normalized spacial score (nSPS) is 30.1. The Kier molecular flexibility index (Phi) is 4.07. The lowest BCUT2D eigenvalue weighted by Crippen LogP contribution is -2.66. The minimum absolute atomic E-state index is 0.700. The van der Waals surface area contributed by atoms with Crippen LogP contribution < -0.4 is 5.32 Å². The summed E-state index contributed by atoms with van der Waals surface area (Å²) in [5.74, 6) is 0.783. The van der Waals surface area contributed by atoms with Gasteiger partial charge in [0.05, 0.1) is 0 Å². The van der Waals surface area contributed by atoms with Gasteiger partial charge in [0.15, 0.2) is 0 Å². The van der Waals surface area contributed by atoms with Gasteiger partial charge < -0.3 is 10.2 Å². The molecule has 4 rings (SSSR count). The second-order valence-electron chi connectivity index (χ2n) is 8.01. The highest BCUT2D eigenvalue weighted by molar-refractivity contribution is 5.54. The lowest BCUT2D eigenvalue weighted by atomic mass is 9.60. The Hall–Kier alpha value is -1.12. The van der Waals surface area contributed by atoms with Crippen LogP contribution in [0, 0.1) is 11.3 Å². The van der Waals surface area contributed by atoms with Crippen molar-refractivity contribution in [2.45, 2.75) is 51.6 Å². The average molecular weight is 310 g/mol. The second-order valence-corrected chi connectivity index (χ2v) is 8.01. The first-order valence-electron chi connectivity index (χ1n) is 9.45. The van der Waals surface area contributed by atoms with Crippen molar-refractivity contribution in [3.63, 3.8) is 0 Å². The van der Waals surface area contributed by atoms with Crippen molar-refractivity contribution in [1.29, 1.82) is 0 Å². The lowest BCUT2D eigenvalue weighted by molar-refractivity contribution is -0.0763. The van der Waals surface area contributed by atoms with Crippen molar-refractivity contribution in [3.8, 4) is 0 Å². The van der Waals surface area contributed by atoms with E-state index in [-0.39, 0.29) is 0 Å². The molecular formula is C21H30N2. The maximum Gasteiger partial charge on any atom is 0.0142 e. The Morgan fingerprint density at radius 3 is 2.61 bits per heavy atom. The van der Waals surface area contributed by atoms with E-state index in [1.54, 1.807) is 5.57 Å². The van der Waals surface area contributed by atoms with Gasteiger partial charge in [-0.1, -0.05) is 55.8 Å². The van der Waals surface area contributed by atoms with Crippen LogP contribution in [0.1, 0.15) is 45.1 Å². The van der Waals surface area contributed by atoms with Crippen molar-refractivity contribution >= 4 is 6.08 Å². The smallest absolute Gasteiger partial charge is 0.0142 e. The van der Waals surface area contributed by atoms with Gasteiger partial charge in [0.2, 0.25) is 0 Å². The van der Waals surface area contributed by atoms with E-state index < -0.39 is 0 Å². The number of benzene rings is 1. The van der Waals surface area contributed by atoms with Gasteiger partial charge in [-0.25, -0.2) is 0 Å². The fourth-order valence-electron chi connectivity index (χ4n) is 4.81. The quantitative estimate of drug-likeness (QED) is 0.856. The number of nitrogens with zero attached hydrogens (tertiary/aromatic N) is 1. The largest absolute Gasteiger partial charge is 0.311 e. The van der Waals surface area contributed by atoms with E-state index in [0.29, 0.717) is 5.41 Å². The third-order valence-electron chi connectivity index (χ3n) is 6.20. The minimum Gasteiger partial charge on any atom is -0.311 e. The molecule has 3 fully saturated rings. The number of hydrogen-bond acceptors (Lipinski definition) is 2. The first-order chi connectivity index (χ1) is 11.2. The van der Waals surface area contributed by atoms with Gasteiger partial charge in [-0.2, -0.15) is 0 Å². The van der Waals surface area contributed by atoms with Gasteiger partial charge in [0.25, 0.3) is 0 Å². The molecule has 1 spiro atoms. The van der Waals surface area contributed by atoms with Gasteiger partial charge in [-0.15, -0.1) is 0 Å². The molecule has 2 atom stereocenters. The highest BCUT2D eigenvalue weighted by atomic mass is 15.2. The molecule has 0 bridgehead atoms. The summed E-state index contributed by atoms with van der Waals surface area (Å²) in [6.07, 6.45) is 7.77. The molecule has 2 saturated carbocycles. The van der Waals surface area contributed by atoms with Gasteiger partial charge >= 0.3 is 0 Å².